The molecule has 0 spiro atoms. The Hall–Kier alpha value is -2.64. The number of carbonyl (C=O) groups excluding carboxylic acids is 1. The number of aromatic nitrogens is 4. The van der Waals surface area contributed by atoms with Crippen LogP contribution in [-0.4, -0.2) is 63.1 Å². The molecule has 2 saturated heterocycles. The minimum Gasteiger partial charge on any atom is -0.485 e. The van der Waals surface area contributed by atoms with Gasteiger partial charge in [0.1, 0.15) is 12.6 Å². The average Bonchev–Trinajstić information content (AvgIpc) is 3.38. The number of hydrogen-bond donors (Lipinski definition) is 0. The van der Waals surface area contributed by atoms with Gasteiger partial charge in [0.2, 0.25) is 5.91 Å². The summed E-state index contributed by atoms with van der Waals surface area (Å²) in [5, 5.41) is 7.57. The van der Waals surface area contributed by atoms with Gasteiger partial charge in [0.05, 0.1) is 12.7 Å². The van der Waals surface area contributed by atoms with Gasteiger partial charge in [-0.05, 0) is 25.0 Å². The van der Waals surface area contributed by atoms with Gasteiger partial charge in [-0.3, -0.25) is 4.79 Å². The van der Waals surface area contributed by atoms with Crippen LogP contribution in [0.25, 0.3) is 0 Å². The van der Waals surface area contributed by atoms with E-state index in [1.54, 1.807) is 17.1 Å². The van der Waals surface area contributed by atoms with Crippen molar-refractivity contribution in [1.29, 1.82) is 0 Å². The summed E-state index contributed by atoms with van der Waals surface area (Å²) in [6.45, 7) is 3.58. The molecule has 0 saturated carbocycles. The molecule has 2 aliphatic heterocycles. The Labute approximate surface area is 146 Å². The molecular weight excluding hydrogens is 320 g/mol. The number of amides is 1. The second-order valence-electron chi connectivity index (χ2n) is 6.49. The Kier molecular flexibility index (Phi) is 4.49. The first-order valence-electron chi connectivity index (χ1n) is 8.78. The molecule has 0 N–H and O–H groups in total. The molecule has 8 nitrogen and oxygen atoms in total. The number of rotatable bonds is 5. The minimum atomic E-state index is 0.00486. The van der Waals surface area contributed by atoms with Crippen molar-refractivity contribution in [3.05, 3.63) is 30.7 Å². The van der Waals surface area contributed by atoms with E-state index < -0.39 is 0 Å². The van der Waals surface area contributed by atoms with E-state index in [1.807, 2.05) is 23.2 Å². The van der Waals surface area contributed by atoms with Gasteiger partial charge in [-0.25, -0.2) is 9.67 Å². The third kappa shape index (κ3) is 3.57. The summed E-state index contributed by atoms with van der Waals surface area (Å²) in [4.78, 5) is 21.0. The Morgan fingerprint density at radius 3 is 2.92 bits per heavy atom. The SMILES string of the molecule is O=C(Cn1ccnn1)N1CC[C@@H](Oc2cccnc2N2CCCC2)C1. The van der Waals surface area contributed by atoms with Crippen LogP contribution < -0.4 is 9.64 Å². The molecule has 8 heteroatoms. The predicted molar refractivity (Wildman–Crippen MR) is 91.3 cm³/mol. The van der Waals surface area contributed by atoms with Crippen LogP contribution in [0.2, 0.25) is 0 Å². The van der Waals surface area contributed by atoms with Crippen LogP contribution in [0.4, 0.5) is 5.82 Å². The van der Waals surface area contributed by atoms with Gasteiger partial charge in [-0.1, -0.05) is 5.21 Å². The third-order valence-corrected chi connectivity index (χ3v) is 4.72. The Morgan fingerprint density at radius 1 is 1.24 bits per heavy atom. The maximum atomic E-state index is 12.3. The Bertz CT molecular complexity index is 714. The van der Waals surface area contributed by atoms with Crippen molar-refractivity contribution in [2.24, 2.45) is 0 Å². The van der Waals surface area contributed by atoms with E-state index in [-0.39, 0.29) is 18.6 Å². The van der Waals surface area contributed by atoms with Gasteiger partial charge in [0.15, 0.2) is 11.6 Å². The van der Waals surface area contributed by atoms with Crippen LogP contribution >= 0.6 is 0 Å². The largest absolute Gasteiger partial charge is 0.485 e. The van der Waals surface area contributed by atoms with Crippen LogP contribution in [0.15, 0.2) is 30.7 Å². The Morgan fingerprint density at radius 2 is 2.12 bits per heavy atom. The number of anilines is 1. The standard InChI is InChI=1S/C17H22N6O2/c24-16(13-23-11-7-19-20-23)22-10-5-14(12-22)25-15-4-3-6-18-17(15)21-8-1-2-9-21/h3-4,6-7,11,14H,1-2,5,8-10,12-13H2/t14-/m1/s1. The molecule has 0 radical (unpaired) electrons. The van der Waals surface area contributed by atoms with Crippen molar-refractivity contribution in [2.45, 2.75) is 31.9 Å². The van der Waals surface area contributed by atoms with Crippen LogP contribution in [-0.2, 0) is 11.3 Å². The van der Waals surface area contributed by atoms with Crippen molar-refractivity contribution < 1.29 is 9.53 Å². The molecule has 1 amide bonds. The lowest BCUT2D eigenvalue weighted by Crippen LogP contribution is -2.33. The van der Waals surface area contributed by atoms with Crippen molar-refractivity contribution in [1.82, 2.24) is 24.9 Å². The van der Waals surface area contributed by atoms with Gasteiger partial charge >= 0.3 is 0 Å². The lowest BCUT2D eigenvalue weighted by Gasteiger charge is -2.22. The number of pyridine rings is 1. The molecular formula is C17H22N6O2. The second-order valence-corrected chi connectivity index (χ2v) is 6.49. The minimum absolute atomic E-state index is 0.00486. The average molecular weight is 342 g/mol. The lowest BCUT2D eigenvalue weighted by molar-refractivity contribution is -0.131. The molecule has 4 rings (SSSR count). The van der Waals surface area contributed by atoms with Gasteiger partial charge in [-0.15, -0.1) is 5.10 Å². The highest BCUT2D eigenvalue weighted by Gasteiger charge is 2.29. The normalized spacial score (nSPS) is 20.2. The van der Waals surface area contributed by atoms with Crippen molar-refractivity contribution in [3.63, 3.8) is 0 Å². The first-order valence-corrected chi connectivity index (χ1v) is 8.78. The number of nitrogens with zero attached hydrogens (tertiary/aromatic N) is 6. The first-order chi connectivity index (χ1) is 12.3. The smallest absolute Gasteiger partial charge is 0.244 e. The molecule has 0 unspecified atom stereocenters. The second kappa shape index (κ2) is 7.08. The monoisotopic (exact) mass is 342 g/mol. The first kappa shape index (κ1) is 15.9. The topological polar surface area (TPSA) is 76.4 Å². The van der Waals surface area contributed by atoms with Crippen LogP contribution in [0.3, 0.4) is 0 Å². The highest BCUT2D eigenvalue weighted by molar-refractivity contribution is 5.76. The summed E-state index contributed by atoms with van der Waals surface area (Å²) in [6, 6.07) is 3.87. The highest BCUT2D eigenvalue weighted by atomic mass is 16.5. The van der Waals surface area contributed by atoms with Crippen LogP contribution in [0.5, 0.6) is 5.75 Å². The van der Waals surface area contributed by atoms with Crippen molar-refractivity contribution in [3.8, 4) is 5.75 Å². The van der Waals surface area contributed by atoms with E-state index >= 15 is 0 Å². The zero-order valence-electron chi connectivity index (χ0n) is 14.1. The number of carbonyl (C=O) groups is 1. The molecule has 2 aliphatic rings. The molecule has 2 fully saturated rings. The van der Waals surface area contributed by atoms with E-state index in [9.17, 15) is 4.79 Å². The summed E-state index contributed by atoms with van der Waals surface area (Å²) in [5.74, 6) is 1.79. The molecule has 0 bridgehead atoms. The predicted octanol–water partition coefficient (Wildman–Crippen LogP) is 0.953. The zero-order valence-corrected chi connectivity index (χ0v) is 14.1. The summed E-state index contributed by atoms with van der Waals surface area (Å²) >= 11 is 0. The van der Waals surface area contributed by atoms with E-state index in [0.29, 0.717) is 13.1 Å². The van der Waals surface area contributed by atoms with Crippen molar-refractivity contribution >= 4 is 11.7 Å². The summed E-state index contributed by atoms with van der Waals surface area (Å²) < 4.78 is 7.75. The fourth-order valence-corrected chi connectivity index (χ4v) is 3.43. The molecule has 2 aromatic rings. The van der Waals surface area contributed by atoms with Crippen LogP contribution in [0, 0.1) is 0 Å². The number of ether oxygens (including phenoxy) is 1. The maximum Gasteiger partial charge on any atom is 0.244 e. The molecule has 4 heterocycles. The number of hydrogen-bond acceptors (Lipinski definition) is 6. The lowest BCUT2D eigenvalue weighted by atomic mass is 10.3. The van der Waals surface area contributed by atoms with E-state index in [1.165, 1.54) is 12.8 Å². The van der Waals surface area contributed by atoms with E-state index in [0.717, 1.165) is 31.1 Å². The van der Waals surface area contributed by atoms with Crippen LogP contribution in [0.1, 0.15) is 19.3 Å². The van der Waals surface area contributed by atoms with Gasteiger partial charge in [-0.2, -0.15) is 0 Å². The maximum absolute atomic E-state index is 12.3. The third-order valence-electron chi connectivity index (χ3n) is 4.72. The number of likely N-dealkylation sites (tertiary alicyclic amines) is 1. The highest BCUT2D eigenvalue weighted by Crippen LogP contribution is 2.30. The van der Waals surface area contributed by atoms with Crippen molar-refractivity contribution in [2.75, 3.05) is 31.1 Å². The zero-order chi connectivity index (χ0) is 17.1. The molecule has 0 aliphatic carbocycles. The van der Waals surface area contributed by atoms with Gasteiger partial charge in [0.25, 0.3) is 0 Å². The Balaban J connectivity index is 1.37. The molecule has 1 atom stereocenters. The van der Waals surface area contributed by atoms with E-state index in [4.69, 9.17) is 4.74 Å². The molecule has 2 aromatic heterocycles. The van der Waals surface area contributed by atoms with Gasteiger partial charge < -0.3 is 14.5 Å². The fourth-order valence-electron chi connectivity index (χ4n) is 3.43. The molecule has 132 valence electrons. The summed E-state index contributed by atoms with van der Waals surface area (Å²) in [7, 11) is 0. The fraction of sp³-hybridized carbons (Fsp3) is 0.529. The summed E-state index contributed by atoms with van der Waals surface area (Å²) in [6.07, 6.45) is 8.31. The molecule has 0 aromatic carbocycles. The van der Waals surface area contributed by atoms with Gasteiger partial charge in [0, 0.05) is 38.4 Å². The molecule has 25 heavy (non-hydrogen) atoms. The quantitative estimate of drug-likeness (QED) is 0.805. The van der Waals surface area contributed by atoms with E-state index in [2.05, 4.69) is 20.2 Å². The summed E-state index contributed by atoms with van der Waals surface area (Å²) in [5.41, 5.74) is 0.